The van der Waals surface area contributed by atoms with Gasteiger partial charge in [0.15, 0.2) is 29.1 Å². The molecule has 2 aromatic carbocycles. The molecule has 3 saturated carbocycles. The van der Waals surface area contributed by atoms with Crippen LogP contribution in [0.1, 0.15) is 68.9 Å². The molecule has 4 aliphatic carbocycles. The van der Waals surface area contributed by atoms with E-state index in [-0.39, 0.29) is 30.8 Å². The van der Waals surface area contributed by atoms with Crippen LogP contribution in [0.15, 0.2) is 72.3 Å². The highest BCUT2D eigenvalue weighted by atomic mass is 19.1. The monoisotopic (exact) mass is 619 g/mol. The fourth-order valence-corrected chi connectivity index (χ4v) is 9.63. The van der Waals surface area contributed by atoms with Crippen molar-refractivity contribution < 1.29 is 38.1 Å². The normalized spacial score (nSPS) is 42.3. The molecule has 0 bridgehead atoms. The molecule has 0 amide bonds. The van der Waals surface area contributed by atoms with E-state index < -0.39 is 76.8 Å². The Morgan fingerprint density at radius 1 is 1.07 bits per heavy atom. The van der Waals surface area contributed by atoms with Crippen LogP contribution in [-0.4, -0.2) is 58.0 Å². The van der Waals surface area contributed by atoms with Crippen molar-refractivity contribution in [3.05, 3.63) is 89.0 Å². The molecule has 0 spiro atoms. The predicted molar refractivity (Wildman–Crippen MR) is 162 cm³/mol. The first-order chi connectivity index (χ1) is 21.3. The van der Waals surface area contributed by atoms with E-state index in [0.717, 1.165) is 17.2 Å². The number of rotatable bonds is 5. The number of benzene rings is 2. The number of Topliss-reactive ketones (excluding diaryl/α,β-unsaturated/α-hetero) is 1. The van der Waals surface area contributed by atoms with E-state index >= 15 is 8.78 Å². The number of alkyl halides is 2. The maximum Gasteiger partial charge on any atom is 0.193 e. The van der Waals surface area contributed by atoms with Gasteiger partial charge < -0.3 is 25.4 Å². The maximum absolute atomic E-state index is 17.6. The van der Waals surface area contributed by atoms with Gasteiger partial charge >= 0.3 is 0 Å². The van der Waals surface area contributed by atoms with Crippen molar-refractivity contribution in [3.8, 4) is 0 Å². The fraction of sp³-hybridized carbons (Fsp3) is 0.500. The number of hydrogen-bond acceptors (Lipinski definition) is 7. The average molecular weight is 620 g/mol. The summed E-state index contributed by atoms with van der Waals surface area (Å²) in [6, 6.07) is 15.4. The van der Waals surface area contributed by atoms with Gasteiger partial charge in [0.25, 0.3) is 0 Å². The fourth-order valence-electron chi connectivity index (χ4n) is 9.63. The number of aliphatic hydroxyl groups is 2. The standard InChI is InChI=1S/C36H39F2NO6/c1-19(21-8-10-23(39)11-9-21)20-4-6-22(7-5-20)32-44-31-16-25-26-15-28(37)27-14-24(41)12-13-33(27,2)35(26,38)29(42)17-34(25,3)36(31,45-32)30(43)18-40/h4-14,19,25-26,28-29,31-32,40,42H,15-18,39H2,1-3H3/t19-,25?,26-,28-,29-,31+,32+,33-,34-,35-,36+/m0/s1. The molecule has 4 fully saturated rings. The van der Waals surface area contributed by atoms with Crippen LogP contribution in [0.5, 0.6) is 0 Å². The summed E-state index contributed by atoms with van der Waals surface area (Å²) in [6.07, 6.45) is -1.40. The smallest absolute Gasteiger partial charge is 0.193 e. The predicted octanol–water partition coefficient (Wildman–Crippen LogP) is 5.06. The number of carbonyl (C=O) groups is 2. The van der Waals surface area contributed by atoms with Crippen LogP contribution in [0.25, 0.3) is 0 Å². The lowest BCUT2D eigenvalue weighted by atomic mass is 9.44. The zero-order chi connectivity index (χ0) is 32.1. The van der Waals surface area contributed by atoms with Gasteiger partial charge in [-0.05, 0) is 73.1 Å². The molecule has 7 nitrogen and oxygen atoms in total. The lowest BCUT2D eigenvalue weighted by Crippen LogP contribution is -2.70. The Morgan fingerprint density at radius 2 is 1.71 bits per heavy atom. The van der Waals surface area contributed by atoms with E-state index in [2.05, 4.69) is 6.92 Å². The van der Waals surface area contributed by atoms with Crippen molar-refractivity contribution in [1.29, 1.82) is 0 Å². The Bertz CT molecular complexity index is 1610. The molecule has 9 heteroatoms. The molecule has 5 aliphatic rings. The first-order valence-corrected chi connectivity index (χ1v) is 15.7. The number of hydrogen-bond donors (Lipinski definition) is 3. The van der Waals surface area contributed by atoms with Crippen molar-refractivity contribution >= 4 is 17.3 Å². The number of anilines is 1. The summed E-state index contributed by atoms with van der Waals surface area (Å²) < 4.78 is 46.4. The summed E-state index contributed by atoms with van der Waals surface area (Å²) in [7, 11) is 0. The summed E-state index contributed by atoms with van der Waals surface area (Å²) in [4.78, 5) is 25.9. The van der Waals surface area contributed by atoms with E-state index in [9.17, 15) is 19.8 Å². The van der Waals surface area contributed by atoms with Crippen LogP contribution >= 0.6 is 0 Å². The quantitative estimate of drug-likeness (QED) is 0.400. The van der Waals surface area contributed by atoms with Crippen molar-refractivity contribution in [3.63, 3.8) is 0 Å². The van der Waals surface area contributed by atoms with Gasteiger partial charge in [-0.1, -0.05) is 56.3 Å². The first-order valence-electron chi connectivity index (χ1n) is 15.7. The second-order valence-electron chi connectivity index (χ2n) is 14.0. The number of fused-ring (bicyclic) bond motifs is 7. The molecule has 1 unspecified atom stereocenters. The van der Waals surface area contributed by atoms with Crippen molar-refractivity contribution in [2.24, 2.45) is 22.7 Å². The number of ketones is 2. The van der Waals surface area contributed by atoms with E-state index in [1.165, 1.54) is 19.1 Å². The molecule has 238 valence electrons. The first kappa shape index (κ1) is 30.4. The number of carbonyl (C=O) groups excluding carboxylic acids is 2. The van der Waals surface area contributed by atoms with Gasteiger partial charge in [-0.25, -0.2) is 8.78 Å². The molecule has 4 N–H and O–H groups in total. The van der Waals surface area contributed by atoms with E-state index in [1.807, 2.05) is 48.5 Å². The molecule has 1 aliphatic heterocycles. The van der Waals surface area contributed by atoms with E-state index in [0.29, 0.717) is 11.3 Å². The molecule has 11 atom stereocenters. The number of nitrogen functional groups attached to an aromatic ring is 1. The van der Waals surface area contributed by atoms with Crippen LogP contribution < -0.4 is 5.73 Å². The number of ether oxygens (including phenoxy) is 2. The molecule has 0 radical (unpaired) electrons. The lowest BCUT2D eigenvalue weighted by molar-refractivity contribution is -0.235. The number of aliphatic hydroxyl groups excluding tert-OH is 2. The highest BCUT2D eigenvalue weighted by Crippen LogP contribution is 2.72. The minimum absolute atomic E-state index is 0.0393. The molecule has 0 aromatic heterocycles. The number of nitrogens with two attached hydrogens (primary N) is 1. The van der Waals surface area contributed by atoms with Crippen LogP contribution in [0, 0.1) is 22.7 Å². The van der Waals surface area contributed by atoms with Crippen LogP contribution in [0.2, 0.25) is 0 Å². The van der Waals surface area contributed by atoms with Crippen molar-refractivity contribution in [1.82, 2.24) is 0 Å². The lowest BCUT2D eigenvalue weighted by Gasteiger charge is -2.63. The van der Waals surface area contributed by atoms with Gasteiger partial charge in [0.2, 0.25) is 0 Å². The highest BCUT2D eigenvalue weighted by molar-refractivity contribution is 6.01. The minimum atomic E-state index is -2.29. The largest absolute Gasteiger partial charge is 0.399 e. The second kappa shape index (κ2) is 10.1. The van der Waals surface area contributed by atoms with Crippen molar-refractivity contribution in [2.45, 2.75) is 81.9 Å². The zero-order valence-corrected chi connectivity index (χ0v) is 25.6. The Labute approximate surface area is 261 Å². The van der Waals surface area contributed by atoms with Gasteiger partial charge in [-0.2, -0.15) is 0 Å². The summed E-state index contributed by atoms with van der Waals surface area (Å²) in [5.41, 5.74) is 2.76. The maximum atomic E-state index is 17.6. The third kappa shape index (κ3) is 3.93. The average Bonchev–Trinajstić information content (AvgIpc) is 3.52. The minimum Gasteiger partial charge on any atom is -0.399 e. The SMILES string of the molecule is C[C@H](c1ccc(N)cc1)c1ccc([C@@H]2O[C@@H]3CC4[C@@H]5C[C@H](F)C6=CC(=O)C=C[C@]6(C)[C@@]5(F)[C@@H](O)C[C@]4(C)[C@]3(C(=O)CO)O2)cc1. The van der Waals surface area contributed by atoms with Gasteiger partial charge in [-0.3, -0.25) is 9.59 Å². The van der Waals surface area contributed by atoms with E-state index in [4.69, 9.17) is 15.2 Å². The molecule has 1 heterocycles. The third-order valence-corrected chi connectivity index (χ3v) is 12.1. The van der Waals surface area contributed by atoms with Crippen molar-refractivity contribution in [2.75, 3.05) is 12.3 Å². The Hall–Kier alpha value is -3.24. The van der Waals surface area contributed by atoms with Gasteiger partial charge in [-0.15, -0.1) is 0 Å². The number of halogens is 2. The number of allylic oxidation sites excluding steroid dienone is 4. The second-order valence-corrected chi connectivity index (χ2v) is 14.0. The topological polar surface area (TPSA) is 119 Å². The molecule has 45 heavy (non-hydrogen) atoms. The summed E-state index contributed by atoms with van der Waals surface area (Å²) in [5.74, 6) is -2.51. The van der Waals surface area contributed by atoms with Gasteiger partial charge in [0, 0.05) is 33.9 Å². The Balaban J connectivity index is 1.21. The van der Waals surface area contributed by atoms with E-state index in [1.54, 1.807) is 6.92 Å². The molecular weight excluding hydrogens is 580 g/mol. The van der Waals surface area contributed by atoms with Gasteiger partial charge in [0.1, 0.15) is 12.8 Å². The van der Waals surface area contributed by atoms with Crippen LogP contribution in [-0.2, 0) is 19.1 Å². The van der Waals surface area contributed by atoms with Gasteiger partial charge in [0.05, 0.1) is 12.2 Å². The zero-order valence-electron chi connectivity index (χ0n) is 25.6. The van der Waals surface area contributed by atoms with Crippen LogP contribution in [0.3, 0.4) is 0 Å². The summed E-state index contributed by atoms with van der Waals surface area (Å²) in [5, 5.41) is 21.9. The Morgan fingerprint density at radius 3 is 2.36 bits per heavy atom. The third-order valence-electron chi connectivity index (χ3n) is 12.1. The summed E-state index contributed by atoms with van der Waals surface area (Å²) in [6.45, 7) is 4.58. The summed E-state index contributed by atoms with van der Waals surface area (Å²) >= 11 is 0. The molecule has 1 saturated heterocycles. The highest BCUT2D eigenvalue weighted by Gasteiger charge is 2.80. The van der Waals surface area contributed by atoms with Crippen LogP contribution in [0.4, 0.5) is 14.5 Å². The molecular formula is C36H39F2NO6. The Kier molecular flexibility index (Phi) is 6.85. The molecule has 2 aromatic rings. The molecule has 7 rings (SSSR count).